The lowest BCUT2D eigenvalue weighted by Crippen LogP contribution is -1.99. The number of carbonyl (C=O) groups is 1. The predicted molar refractivity (Wildman–Crippen MR) is 43.4 cm³/mol. The van der Waals surface area contributed by atoms with Gasteiger partial charge in [-0.1, -0.05) is 0 Å². The number of hydrogen-bond donors (Lipinski definition) is 1. The van der Waals surface area contributed by atoms with Gasteiger partial charge in [0.25, 0.3) is 0 Å². The summed E-state index contributed by atoms with van der Waals surface area (Å²) in [6, 6.07) is 1.69. The van der Waals surface area contributed by atoms with Gasteiger partial charge in [-0.15, -0.1) is 0 Å². The van der Waals surface area contributed by atoms with E-state index in [0.717, 1.165) is 5.56 Å². The highest BCUT2D eigenvalue weighted by atomic mass is 16.1. The van der Waals surface area contributed by atoms with Gasteiger partial charge in [-0.2, -0.15) is 0 Å². The number of nitrogen functional groups attached to an aromatic ring is 1. The molecule has 1 aromatic heterocycles. The van der Waals surface area contributed by atoms with Crippen LogP contribution in [0.4, 0.5) is 5.82 Å². The largest absolute Gasteiger partial charge is 0.384 e. The summed E-state index contributed by atoms with van der Waals surface area (Å²) in [5, 5.41) is 0. The number of anilines is 1. The molecule has 0 aliphatic heterocycles. The Morgan fingerprint density at radius 1 is 1.64 bits per heavy atom. The molecule has 1 rings (SSSR count). The number of nitrogens with two attached hydrogens (primary N) is 1. The van der Waals surface area contributed by atoms with Crippen molar-refractivity contribution in [3.8, 4) is 0 Å². The first-order valence-electron chi connectivity index (χ1n) is 3.34. The Hall–Kier alpha value is -1.38. The second-order valence-corrected chi connectivity index (χ2v) is 2.48. The number of nitrogens with zero attached hydrogens (tertiary/aromatic N) is 1. The molecule has 0 aromatic carbocycles. The summed E-state index contributed by atoms with van der Waals surface area (Å²) in [6.45, 7) is 3.36. The predicted octanol–water partition coefficient (Wildman–Crippen LogP) is 1.17. The van der Waals surface area contributed by atoms with Crippen LogP contribution in [0.2, 0.25) is 0 Å². The van der Waals surface area contributed by atoms with Gasteiger partial charge in [0.2, 0.25) is 0 Å². The average Bonchev–Trinajstić information content (AvgIpc) is 1.85. The van der Waals surface area contributed by atoms with Crippen molar-refractivity contribution < 1.29 is 4.79 Å². The molecule has 3 nitrogen and oxygen atoms in total. The van der Waals surface area contributed by atoms with Gasteiger partial charge in [0.1, 0.15) is 5.82 Å². The monoisotopic (exact) mass is 150 g/mol. The minimum atomic E-state index is 0.0231. The summed E-state index contributed by atoms with van der Waals surface area (Å²) < 4.78 is 0. The van der Waals surface area contributed by atoms with Crippen LogP contribution in [0.1, 0.15) is 22.8 Å². The van der Waals surface area contributed by atoms with E-state index in [4.69, 9.17) is 5.73 Å². The molecule has 0 radical (unpaired) electrons. The first-order valence-corrected chi connectivity index (χ1v) is 3.34. The molecule has 3 heteroatoms. The van der Waals surface area contributed by atoms with Crippen LogP contribution in [0, 0.1) is 6.92 Å². The van der Waals surface area contributed by atoms with E-state index in [1.54, 1.807) is 6.07 Å². The van der Waals surface area contributed by atoms with Gasteiger partial charge in [-0.05, 0) is 25.5 Å². The van der Waals surface area contributed by atoms with Crippen molar-refractivity contribution in [3.63, 3.8) is 0 Å². The van der Waals surface area contributed by atoms with E-state index in [2.05, 4.69) is 4.98 Å². The fraction of sp³-hybridized carbons (Fsp3) is 0.250. The van der Waals surface area contributed by atoms with Crippen LogP contribution in [0.25, 0.3) is 0 Å². The summed E-state index contributed by atoms with van der Waals surface area (Å²) in [5.41, 5.74) is 6.92. The molecule has 0 unspecified atom stereocenters. The molecule has 0 bridgehead atoms. The molecule has 0 fully saturated rings. The number of aromatic nitrogens is 1. The molecule has 58 valence electrons. The van der Waals surface area contributed by atoms with Gasteiger partial charge in [-0.25, -0.2) is 4.98 Å². The first kappa shape index (κ1) is 7.72. The molecule has 1 aromatic rings. The normalized spacial score (nSPS) is 9.64. The Morgan fingerprint density at radius 3 is 2.73 bits per heavy atom. The second-order valence-electron chi connectivity index (χ2n) is 2.48. The number of Topliss-reactive ketones (excluding diaryl/α,β-unsaturated/α-hetero) is 1. The maximum atomic E-state index is 10.9. The van der Waals surface area contributed by atoms with Crippen LogP contribution >= 0.6 is 0 Å². The van der Waals surface area contributed by atoms with E-state index < -0.39 is 0 Å². The summed E-state index contributed by atoms with van der Waals surface area (Å²) in [7, 11) is 0. The second kappa shape index (κ2) is 2.70. The SMILES string of the molecule is CC(=O)c1cnc(N)cc1C. The number of pyridine rings is 1. The summed E-state index contributed by atoms with van der Waals surface area (Å²) in [6.07, 6.45) is 1.51. The van der Waals surface area contributed by atoms with E-state index in [1.165, 1.54) is 13.1 Å². The number of ketones is 1. The quantitative estimate of drug-likeness (QED) is 0.611. The molecule has 0 aliphatic carbocycles. The first-order chi connectivity index (χ1) is 5.11. The van der Waals surface area contributed by atoms with Gasteiger partial charge in [-0.3, -0.25) is 4.79 Å². The Balaban J connectivity index is 3.20. The van der Waals surface area contributed by atoms with E-state index in [-0.39, 0.29) is 5.78 Å². The average molecular weight is 150 g/mol. The lowest BCUT2D eigenvalue weighted by Gasteiger charge is -2.00. The molecular formula is C8H10N2O. The van der Waals surface area contributed by atoms with Crippen molar-refractivity contribution in [2.45, 2.75) is 13.8 Å². The third kappa shape index (κ3) is 1.55. The fourth-order valence-corrected chi connectivity index (χ4v) is 0.946. The third-order valence-electron chi connectivity index (χ3n) is 1.51. The highest BCUT2D eigenvalue weighted by Gasteiger charge is 2.03. The van der Waals surface area contributed by atoms with Crippen LogP contribution in [0.3, 0.4) is 0 Å². The van der Waals surface area contributed by atoms with Crippen LogP contribution in [0.5, 0.6) is 0 Å². The van der Waals surface area contributed by atoms with Crippen molar-refractivity contribution in [3.05, 3.63) is 23.4 Å². The molecule has 11 heavy (non-hydrogen) atoms. The maximum Gasteiger partial charge on any atom is 0.161 e. The Labute approximate surface area is 65.2 Å². The Morgan fingerprint density at radius 2 is 2.27 bits per heavy atom. The van der Waals surface area contributed by atoms with Gasteiger partial charge < -0.3 is 5.73 Å². The van der Waals surface area contributed by atoms with Crippen LogP contribution in [0.15, 0.2) is 12.3 Å². The van der Waals surface area contributed by atoms with Crippen LogP contribution < -0.4 is 5.73 Å². The Kier molecular flexibility index (Phi) is 1.89. The third-order valence-corrected chi connectivity index (χ3v) is 1.51. The molecule has 0 amide bonds. The lowest BCUT2D eigenvalue weighted by atomic mass is 10.1. The Bertz CT molecular complexity index is 294. The van der Waals surface area contributed by atoms with E-state index in [1.807, 2.05) is 6.92 Å². The zero-order valence-electron chi connectivity index (χ0n) is 6.59. The molecule has 0 aliphatic rings. The van der Waals surface area contributed by atoms with Gasteiger partial charge in [0.05, 0.1) is 0 Å². The molecular weight excluding hydrogens is 140 g/mol. The van der Waals surface area contributed by atoms with Gasteiger partial charge >= 0.3 is 0 Å². The molecule has 1 heterocycles. The highest BCUT2D eigenvalue weighted by molar-refractivity contribution is 5.95. The minimum absolute atomic E-state index is 0.0231. The highest BCUT2D eigenvalue weighted by Crippen LogP contribution is 2.09. The van der Waals surface area contributed by atoms with Crippen molar-refractivity contribution in [1.29, 1.82) is 0 Å². The lowest BCUT2D eigenvalue weighted by molar-refractivity contribution is 0.101. The molecule has 0 atom stereocenters. The van der Waals surface area contributed by atoms with Gasteiger partial charge in [0.15, 0.2) is 5.78 Å². The van der Waals surface area contributed by atoms with E-state index in [0.29, 0.717) is 11.4 Å². The number of aryl methyl sites for hydroxylation is 1. The number of hydrogen-bond acceptors (Lipinski definition) is 3. The van der Waals surface area contributed by atoms with E-state index >= 15 is 0 Å². The van der Waals surface area contributed by atoms with Crippen molar-refractivity contribution >= 4 is 11.6 Å². The van der Waals surface area contributed by atoms with Crippen molar-refractivity contribution in [2.75, 3.05) is 5.73 Å². The molecule has 0 saturated heterocycles. The van der Waals surface area contributed by atoms with Crippen molar-refractivity contribution in [1.82, 2.24) is 4.98 Å². The minimum Gasteiger partial charge on any atom is -0.384 e. The number of carbonyl (C=O) groups excluding carboxylic acids is 1. The summed E-state index contributed by atoms with van der Waals surface area (Å²) >= 11 is 0. The molecule has 0 saturated carbocycles. The molecule has 0 spiro atoms. The van der Waals surface area contributed by atoms with Crippen LogP contribution in [-0.4, -0.2) is 10.8 Å². The van der Waals surface area contributed by atoms with Crippen molar-refractivity contribution in [2.24, 2.45) is 0 Å². The zero-order chi connectivity index (χ0) is 8.43. The smallest absolute Gasteiger partial charge is 0.161 e. The van der Waals surface area contributed by atoms with E-state index in [9.17, 15) is 4.79 Å². The number of rotatable bonds is 1. The maximum absolute atomic E-state index is 10.9. The summed E-state index contributed by atoms with van der Waals surface area (Å²) in [4.78, 5) is 14.7. The van der Waals surface area contributed by atoms with Crippen LogP contribution in [-0.2, 0) is 0 Å². The standard InChI is InChI=1S/C8H10N2O/c1-5-3-8(9)10-4-7(5)6(2)11/h3-4H,1-2H3,(H2,9,10). The van der Waals surface area contributed by atoms with Gasteiger partial charge in [0, 0.05) is 11.8 Å². The topological polar surface area (TPSA) is 56.0 Å². The fourth-order valence-electron chi connectivity index (χ4n) is 0.946. The molecule has 2 N–H and O–H groups in total. The summed E-state index contributed by atoms with van der Waals surface area (Å²) in [5.74, 6) is 0.475. The zero-order valence-corrected chi connectivity index (χ0v) is 6.59.